The number of benzene rings is 2. The minimum absolute atomic E-state index is 0.0856. The molecular formula is C19H20O5Si. The second kappa shape index (κ2) is 6.94. The van der Waals surface area contributed by atoms with Gasteiger partial charge in [0.15, 0.2) is 5.78 Å². The molecule has 0 aliphatic rings. The van der Waals surface area contributed by atoms with Gasteiger partial charge in [-0.25, -0.2) is 4.79 Å². The van der Waals surface area contributed by atoms with Gasteiger partial charge in [-0.05, 0) is 24.3 Å². The van der Waals surface area contributed by atoms with E-state index in [2.05, 4.69) is 19.6 Å². The fraction of sp³-hybridized carbons (Fsp3) is 0.158. The van der Waals surface area contributed by atoms with Crippen LogP contribution in [0.4, 0.5) is 0 Å². The number of aromatic hydroxyl groups is 1. The molecule has 0 aliphatic carbocycles. The highest BCUT2D eigenvalue weighted by atomic mass is 28.3. The number of hydrogen-bond acceptors (Lipinski definition) is 4. The van der Waals surface area contributed by atoms with Crippen LogP contribution in [0.1, 0.15) is 26.3 Å². The van der Waals surface area contributed by atoms with E-state index < -0.39 is 19.8 Å². The van der Waals surface area contributed by atoms with E-state index in [1.165, 1.54) is 24.3 Å². The van der Waals surface area contributed by atoms with E-state index in [4.69, 9.17) is 5.11 Å². The van der Waals surface area contributed by atoms with Crippen molar-refractivity contribution < 1.29 is 24.9 Å². The lowest BCUT2D eigenvalue weighted by atomic mass is 10.1. The quantitative estimate of drug-likeness (QED) is 0.330. The van der Waals surface area contributed by atoms with Crippen molar-refractivity contribution in [2.24, 2.45) is 0 Å². The van der Waals surface area contributed by atoms with Crippen molar-refractivity contribution in [3.8, 4) is 5.75 Å². The zero-order valence-corrected chi connectivity index (χ0v) is 15.3. The Bertz CT molecular complexity index is 845. The van der Waals surface area contributed by atoms with E-state index in [1.54, 1.807) is 12.1 Å². The number of hydrogen-bond donors (Lipinski definition) is 3. The van der Waals surface area contributed by atoms with Crippen LogP contribution in [-0.4, -0.2) is 35.1 Å². The van der Waals surface area contributed by atoms with Gasteiger partial charge in [-0.2, -0.15) is 0 Å². The van der Waals surface area contributed by atoms with Crippen LogP contribution in [0.25, 0.3) is 5.76 Å². The first kappa shape index (κ1) is 18.5. The maximum absolute atomic E-state index is 12.3. The molecule has 0 bridgehead atoms. The molecule has 0 amide bonds. The van der Waals surface area contributed by atoms with Gasteiger partial charge in [0, 0.05) is 11.6 Å². The summed E-state index contributed by atoms with van der Waals surface area (Å²) < 4.78 is 0. The average Bonchev–Trinajstić information content (AvgIpc) is 2.53. The summed E-state index contributed by atoms with van der Waals surface area (Å²) in [5, 5.41) is 30.1. The summed E-state index contributed by atoms with van der Waals surface area (Å²) in [4.78, 5) is 23.1. The normalized spacial score (nSPS) is 12.0. The number of phenolic OH excluding ortho intramolecular Hbond substituents is 1. The van der Waals surface area contributed by atoms with Gasteiger partial charge in [-0.15, -0.1) is 0 Å². The fourth-order valence-corrected chi connectivity index (χ4v) is 3.43. The van der Waals surface area contributed by atoms with Gasteiger partial charge < -0.3 is 15.3 Å². The summed E-state index contributed by atoms with van der Waals surface area (Å²) in [5.41, 5.74) is 0.509. The summed E-state index contributed by atoms with van der Waals surface area (Å²) in [6, 6.07) is 10.5. The summed E-state index contributed by atoms with van der Waals surface area (Å²) in [7, 11) is -1.61. The molecule has 130 valence electrons. The fourth-order valence-electron chi connectivity index (χ4n) is 2.28. The molecule has 0 atom stereocenters. The minimum Gasteiger partial charge on any atom is -0.507 e. The Morgan fingerprint density at radius 2 is 1.48 bits per heavy atom. The Hall–Kier alpha value is -2.86. The molecule has 0 fully saturated rings. The number of aromatic carboxylic acids is 1. The zero-order valence-electron chi connectivity index (χ0n) is 14.3. The molecule has 0 radical (unpaired) electrons. The van der Waals surface area contributed by atoms with Gasteiger partial charge in [-0.1, -0.05) is 43.0 Å². The first-order valence-corrected chi connectivity index (χ1v) is 11.2. The first-order chi connectivity index (χ1) is 11.6. The number of aliphatic hydroxyl groups is 1. The maximum atomic E-state index is 12.3. The van der Waals surface area contributed by atoms with Crippen LogP contribution in [0.2, 0.25) is 19.6 Å². The van der Waals surface area contributed by atoms with Gasteiger partial charge in [0.1, 0.15) is 11.5 Å². The molecule has 0 heterocycles. The number of carbonyl (C=O) groups excluding carboxylic acids is 1. The van der Waals surface area contributed by atoms with Gasteiger partial charge in [0.25, 0.3) is 0 Å². The van der Waals surface area contributed by atoms with Crippen LogP contribution in [0.15, 0.2) is 48.5 Å². The largest absolute Gasteiger partial charge is 0.507 e. The Balaban J connectivity index is 2.28. The summed E-state index contributed by atoms with van der Waals surface area (Å²) in [5.74, 6) is -2.01. The molecular weight excluding hydrogens is 336 g/mol. The maximum Gasteiger partial charge on any atom is 0.335 e. The highest BCUT2D eigenvalue weighted by molar-refractivity contribution is 6.88. The Kier molecular flexibility index (Phi) is 5.13. The molecule has 3 N–H and O–H groups in total. The molecule has 0 saturated heterocycles. The van der Waals surface area contributed by atoms with Gasteiger partial charge in [0.2, 0.25) is 0 Å². The molecule has 0 saturated carbocycles. The molecule has 6 heteroatoms. The third-order valence-electron chi connectivity index (χ3n) is 3.82. The SMILES string of the molecule is C[Si](C)(C)c1ccc(C(=O)C=C(O)c2ccc(C(=O)O)cc2)c(O)c1. The minimum atomic E-state index is -1.61. The smallest absolute Gasteiger partial charge is 0.335 e. The third kappa shape index (κ3) is 4.36. The van der Waals surface area contributed by atoms with Crippen molar-refractivity contribution in [2.45, 2.75) is 19.6 Å². The van der Waals surface area contributed by atoms with Crippen molar-refractivity contribution in [2.75, 3.05) is 0 Å². The van der Waals surface area contributed by atoms with Crippen molar-refractivity contribution in [3.05, 3.63) is 65.2 Å². The Labute approximate surface area is 146 Å². The van der Waals surface area contributed by atoms with Crippen LogP contribution < -0.4 is 5.19 Å². The molecule has 0 aliphatic heterocycles. The standard InChI is InChI=1S/C19H20O5Si/c1-25(2,3)14-8-9-15(17(21)10-14)18(22)11-16(20)12-4-6-13(7-5-12)19(23)24/h4-11,20-21H,1-3H3,(H,23,24). The number of carboxylic acid groups (broad SMARTS) is 1. The van der Waals surface area contributed by atoms with E-state index >= 15 is 0 Å². The lowest BCUT2D eigenvalue weighted by Gasteiger charge is -2.17. The second-order valence-electron chi connectivity index (χ2n) is 6.76. The highest BCUT2D eigenvalue weighted by Crippen LogP contribution is 2.20. The Morgan fingerprint density at radius 3 is 1.96 bits per heavy atom. The molecule has 2 aromatic carbocycles. The van der Waals surface area contributed by atoms with Crippen molar-refractivity contribution in [1.29, 1.82) is 0 Å². The van der Waals surface area contributed by atoms with Crippen LogP contribution in [0.3, 0.4) is 0 Å². The van der Waals surface area contributed by atoms with E-state index in [-0.39, 0.29) is 22.6 Å². The van der Waals surface area contributed by atoms with Crippen molar-refractivity contribution in [1.82, 2.24) is 0 Å². The van der Waals surface area contributed by atoms with Crippen LogP contribution >= 0.6 is 0 Å². The summed E-state index contributed by atoms with van der Waals surface area (Å²) in [6.45, 7) is 6.40. The average molecular weight is 356 g/mol. The third-order valence-corrected chi connectivity index (χ3v) is 5.87. The van der Waals surface area contributed by atoms with Crippen LogP contribution in [-0.2, 0) is 0 Å². The number of aliphatic hydroxyl groups excluding tert-OH is 1. The summed E-state index contributed by atoms with van der Waals surface area (Å²) in [6.07, 6.45) is 1.01. The molecule has 2 aromatic rings. The van der Waals surface area contributed by atoms with Crippen molar-refractivity contribution >= 4 is 30.8 Å². The monoisotopic (exact) mass is 356 g/mol. The lowest BCUT2D eigenvalue weighted by Crippen LogP contribution is -2.37. The van der Waals surface area contributed by atoms with Gasteiger partial charge >= 0.3 is 5.97 Å². The van der Waals surface area contributed by atoms with E-state index in [0.717, 1.165) is 11.3 Å². The second-order valence-corrected chi connectivity index (χ2v) is 11.8. The molecule has 25 heavy (non-hydrogen) atoms. The number of ketones is 1. The van der Waals surface area contributed by atoms with E-state index in [0.29, 0.717) is 5.56 Å². The molecule has 0 aromatic heterocycles. The Morgan fingerprint density at radius 1 is 0.920 bits per heavy atom. The van der Waals surface area contributed by atoms with E-state index in [1.807, 2.05) is 6.07 Å². The topological polar surface area (TPSA) is 94.8 Å². The number of allylic oxidation sites excluding steroid dienone is 1. The molecule has 2 rings (SSSR count). The van der Waals surface area contributed by atoms with Crippen LogP contribution in [0.5, 0.6) is 5.75 Å². The lowest BCUT2D eigenvalue weighted by molar-refractivity contribution is 0.0696. The van der Waals surface area contributed by atoms with Gasteiger partial charge in [-0.3, -0.25) is 4.79 Å². The highest BCUT2D eigenvalue weighted by Gasteiger charge is 2.19. The summed E-state index contributed by atoms with van der Waals surface area (Å²) >= 11 is 0. The molecule has 0 spiro atoms. The zero-order chi connectivity index (χ0) is 18.8. The predicted octanol–water partition coefficient (Wildman–Crippen LogP) is 3.42. The van der Waals surface area contributed by atoms with Gasteiger partial charge in [0.05, 0.1) is 19.2 Å². The number of rotatable bonds is 5. The van der Waals surface area contributed by atoms with Crippen LogP contribution in [0, 0.1) is 0 Å². The predicted molar refractivity (Wildman–Crippen MR) is 99.4 cm³/mol. The number of carbonyl (C=O) groups is 2. The van der Waals surface area contributed by atoms with Crippen molar-refractivity contribution in [3.63, 3.8) is 0 Å². The van der Waals surface area contributed by atoms with E-state index in [9.17, 15) is 19.8 Å². The first-order valence-electron chi connectivity index (χ1n) is 7.72. The molecule has 5 nitrogen and oxygen atoms in total. The molecule has 0 unspecified atom stereocenters. The number of phenols is 1. The number of carboxylic acids is 1.